The number of ether oxygens (including phenoxy) is 3. The van der Waals surface area contributed by atoms with Crippen molar-refractivity contribution in [1.82, 2.24) is 4.57 Å². The second kappa shape index (κ2) is 10.8. The first-order chi connectivity index (χ1) is 18.1. The van der Waals surface area contributed by atoms with Crippen molar-refractivity contribution < 1.29 is 28.7 Å². The molecule has 11 nitrogen and oxygen atoms in total. The lowest BCUT2D eigenvalue weighted by Gasteiger charge is -2.25. The molecule has 3 aromatic rings. The summed E-state index contributed by atoms with van der Waals surface area (Å²) in [6, 6.07) is 9.72. The van der Waals surface area contributed by atoms with Crippen LogP contribution in [0, 0.1) is 10.1 Å². The van der Waals surface area contributed by atoms with Crippen LogP contribution in [-0.2, 0) is 14.3 Å². The second-order valence-electron chi connectivity index (χ2n) is 8.16. The number of carbonyl (C=O) groups excluding carboxylic acids is 2. The molecule has 2 aromatic carbocycles. The average Bonchev–Trinajstić information content (AvgIpc) is 3.17. The molecule has 38 heavy (non-hydrogen) atoms. The smallest absolute Gasteiger partial charge is 0.338 e. The third kappa shape index (κ3) is 5.11. The Morgan fingerprint density at radius 2 is 1.97 bits per heavy atom. The van der Waals surface area contributed by atoms with Crippen LogP contribution in [-0.4, -0.2) is 35.1 Å². The number of rotatable bonds is 7. The number of nitrogens with zero attached hydrogens (tertiary/aromatic N) is 3. The molecule has 0 saturated heterocycles. The van der Waals surface area contributed by atoms with E-state index >= 15 is 0 Å². The van der Waals surface area contributed by atoms with Gasteiger partial charge in [0.1, 0.15) is 0 Å². The maximum Gasteiger partial charge on any atom is 0.338 e. The van der Waals surface area contributed by atoms with Crippen molar-refractivity contribution in [2.24, 2.45) is 4.99 Å². The zero-order valence-corrected chi connectivity index (χ0v) is 21.7. The lowest BCUT2D eigenvalue weighted by Crippen LogP contribution is -2.40. The zero-order valence-electron chi connectivity index (χ0n) is 20.9. The number of hydrogen-bond donors (Lipinski definition) is 0. The van der Waals surface area contributed by atoms with E-state index in [1.807, 2.05) is 0 Å². The van der Waals surface area contributed by atoms with E-state index in [0.29, 0.717) is 21.6 Å². The van der Waals surface area contributed by atoms with Crippen LogP contribution >= 0.6 is 11.3 Å². The highest BCUT2D eigenvalue weighted by Gasteiger charge is 2.34. The molecule has 0 fully saturated rings. The van der Waals surface area contributed by atoms with Gasteiger partial charge in [-0.1, -0.05) is 29.5 Å². The summed E-state index contributed by atoms with van der Waals surface area (Å²) >= 11 is 1.09. The quantitative estimate of drug-likeness (QED) is 0.194. The maximum absolute atomic E-state index is 13.7. The summed E-state index contributed by atoms with van der Waals surface area (Å²) in [5.41, 5.74) is 0.961. The van der Waals surface area contributed by atoms with E-state index in [1.54, 1.807) is 38.1 Å². The van der Waals surface area contributed by atoms with Crippen molar-refractivity contribution in [2.75, 3.05) is 13.7 Å². The molecule has 196 valence electrons. The number of methoxy groups -OCH3 is 1. The van der Waals surface area contributed by atoms with Gasteiger partial charge < -0.3 is 14.2 Å². The van der Waals surface area contributed by atoms with E-state index in [2.05, 4.69) is 4.99 Å². The largest absolute Gasteiger partial charge is 0.493 e. The minimum absolute atomic E-state index is 0.107. The third-order valence-electron chi connectivity index (χ3n) is 5.65. The first kappa shape index (κ1) is 26.5. The highest BCUT2D eigenvalue weighted by molar-refractivity contribution is 7.07. The summed E-state index contributed by atoms with van der Waals surface area (Å²) in [6.45, 7) is 4.71. The van der Waals surface area contributed by atoms with Crippen LogP contribution in [0.5, 0.6) is 11.5 Å². The molecule has 0 aliphatic carbocycles. The van der Waals surface area contributed by atoms with E-state index in [0.717, 1.165) is 11.3 Å². The first-order valence-electron chi connectivity index (χ1n) is 11.4. The number of thiazole rings is 1. The molecular formula is C26H23N3O8S. The van der Waals surface area contributed by atoms with E-state index in [1.165, 1.54) is 42.9 Å². The Labute approximate surface area is 220 Å². The fourth-order valence-corrected chi connectivity index (χ4v) is 5.13. The normalized spacial score (nSPS) is 14.9. The first-order valence-corrected chi connectivity index (χ1v) is 12.3. The van der Waals surface area contributed by atoms with Gasteiger partial charge in [-0.25, -0.2) is 9.79 Å². The Morgan fingerprint density at radius 1 is 1.21 bits per heavy atom. The number of carbonyl (C=O) groups is 2. The van der Waals surface area contributed by atoms with Crippen LogP contribution in [0.4, 0.5) is 5.69 Å². The molecule has 0 N–H and O–H groups in total. The topological polar surface area (TPSA) is 139 Å². The molecular weight excluding hydrogens is 514 g/mol. The van der Waals surface area contributed by atoms with Crippen molar-refractivity contribution in [3.63, 3.8) is 0 Å². The minimum atomic E-state index is -0.919. The van der Waals surface area contributed by atoms with Crippen molar-refractivity contribution in [2.45, 2.75) is 26.8 Å². The van der Waals surface area contributed by atoms with E-state index in [4.69, 9.17) is 14.2 Å². The monoisotopic (exact) mass is 537 g/mol. The highest BCUT2D eigenvalue weighted by atomic mass is 32.1. The average molecular weight is 538 g/mol. The van der Waals surface area contributed by atoms with Gasteiger partial charge in [0.2, 0.25) is 0 Å². The van der Waals surface area contributed by atoms with Gasteiger partial charge in [0.25, 0.3) is 11.2 Å². The maximum atomic E-state index is 13.7. The number of non-ortho nitro benzene ring substituents is 1. The van der Waals surface area contributed by atoms with Gasteiger partial charge in [-0.15, -0.1) is 0 Å². The number of nitro benzene ring substituents is 1. The number of hydrogen-bond acceptors (Lipinski definition) is 10. The van der Waals surface area contributed by atoms with Gasteiger partial charge >= 0.3 is 11.9 Å². The number of esters is 2. The molecule has 1 aromatic heterocycles. The summed E-state index contributed by atoms with van der Waals surface area (Å²) < 4.78 is 17.5. The zero-order chi connectivity index (χ0) is 27.6. The fourth-order valence-electron chi connectivity index (χ4n) is 4.08. The molecule has 0 bridgehead atoms. The molecule has 0 saturated carbocycles. The molecule has 1 unspecified atom stereocenters. The van der Waals surface area contributed by atoms with Crippen LogP contribution in [0.3, 0.4) is 0 Å². The Kier molecular flexibility index (Phi) is 7.53. The predicted molar refractivity (Wildman–Crippen MR) is 138 cm³/mol. The summed E-state index contributed by atoms with van der Waals surface area (Å²) in [7, 11) is 1.41. The van der Waals surface area contributed by atoms with Crippen LogP contribution in [0.2, 0.25) is 0 Å². The predicted octanol–water partition coefficient (Wildman–Crippen LogP) is 2.64. The molecule has 0 amide bonds. The molecule has 1 aliphatic rings. The summed E-state index contributed by atoms with van der Waals surface area (Å²) in [5.74, 6) is -0.752. The molecule has 0 spiro atoms. The lowest BCUT2D eigenvalue weighted by molar-refractivity contribution is -0.384. The number of nitro groups is 1. The van der Waals surface area contributed by atoms with Crippen molar-refractivity contribution in [1.29, 1.82) is 0 Å². The van der Waals surface area contributed by atoms with E-state index in [-0.39, 0.29) is 33.9 Å². The van der Waals surface area contributed by atoms with Gasteiger partial charge in [-0.3, -0.25) is 24.3 Å². The van der Waals surface area contributed by atoms with Gasteiger partial charge in [-0.05, 0) is 43.2 Å². The Balaban J connectivity index is 1.95. The SMILES string of the molecule is CCOC(=O)C1=C(C)N=c2s/c(=C\c3cccc([N+](=O)[O-])c3)c(=O)n2C1c1ccc(OC(C)=O)c(OC)c1. The van der Waals surface area contributed by atoms with Crippen LogP contribution in [0.25, 0.3) is 6.08 Å². The number of fused-ring (bicyclic) bond motifs is 1. The van der Waals surface area contributed by atoms with Gasteiger partial charge in [0.15, 0.2) is 16.3 Å². The Morgan fingerprint density at radius 3 is 2.63 bits per heavy atom. The van der Waals surface area contributed by atoms with Crippen molar-refractivity contribution in [3.05, 3.63) is 94.7 Å². The third-order valence-corrected chi connectivity index (χ3v) is 6.64. The molecule has 4 rings (SSSR count). The van der Waals surface area contributed by atoms with Gasteiger partial charge in [0.05, 0.1) is 40.5 Å². The number of benzene rings is 2. The summed E-state index contributed by atoms with van der Waals surface area (Å²) in [6.07, 6.45) is 1.54. The number of aromatic nitrogens is 1. The molecule has 2 heterocycles. The van der Waals surface area contributed by atoms with Crippen molar-refractivity contribution >= 4 is 35.0 Å². The van der Waals surface area contributed by atoms with Crippen LogP contribution < -0.4 is 24.4 Å². The Bertz CT molecular complexity index is 1670. The molecule has 0 radical (unpaired) electrons. The standard InChI is InChI=1S/C26H23N3O8S/c1-5-36-25(32)22-14(2)27-26-28(23(22)17-9-10-19(37-15(3)30)20(13-17)35-4)24(31)21(38-26)12-16-7-6-8-18(11-16)29(33)34/h6-13,23H,5H2,1-4H3/b21-12-. The summed E-state index contributed by atoms with van der Waals surface area (Å²) in [5, 5.41) is 11.2. The summed E-state index contributed by atoms with van der Waals surface area (Å²) in [4.78, 5) is 53.8. The molecule has 12 heteroatoms. The van der Waals surface area contributed by atoms with E-state index in [9.17, 15) is 24.5 Å². The van der Waals surface area contributed by atoms with Crippen LogP contribution in [0.1, 0.15) is 37.9 Å². The van der Waals surface area contributed by atoms with Gasteiger partial charge in [0, 0.05) is 19.1 Å². The highest BCUT2D eigenvalue weighted by Crippen LogP contribution is 2.36. The van der Waals surface area contributed by atoms with Crippen molar-refractivity contribution in [3.8, 4) is 11.5 Å². The number of allylic oxidation sites excluding steroid dienone is 1. The van der Waals surface area contributed by atoms with Crippen LogP contribution in [0.15, 0.2) is 63.5 Å². The fraction of sp³-hybridized carbons (Fsp3) is 0.231. The van der Waals surface area contributed by atoms with Gasteiger partial charge in [-0.2, -0.15) is 0 Å². The second-order valence-corrected chi connectivity index (χ2v) is 9.17. The Hall–Kier alpha value is -4.58. The van der Waals surface area contributed by atoms with E-state index < -0.39 is 28.5 Å². The molecule has 1 atom stereocenters. The minimum Gasteiger partial charge on any atom is -0.493 e. The lowest BCUT2D eigenvalue weighted by atomic mass is 9.95. The molecule has 1 aliphatic heterocycles.